The zero-order valence-corrected chi connectivity index (χ0v) is 9.28. The summed E-state index contributed by atoms with van der Waals surface area (Å²) in [6.45, 7) is 1.21. The molecule has 1 heterocycles. The first-order chi connectivity index (χ1) is 8.38. The number of benzene rings is 1. The first-order valence-electron chi connectivity index (χ1n) is 5.29. The van der Waals surface area contributed by atoms with Gasteiger partial charge in [-0.3, -0.25) is 0 Å². The average molecular weight is 228 g/mol. The van der Waals surface area contributed by atoms with Crippen molar-refractivity contribution >= 4 is 0 Å². The van der Waals surface area contributed by atoms with Gasteiger partial charge in [-0.25, -0.2) is 9.67 Å². The van der Waals surface area contributed by atoms with Gasteiger partial charge in [0.1, 0.15) is 25.0 Å². The lowest BCUT2D eigenvalue weighted by atomic mass is 10.2. The van der Waals surface area contributed by atoms with Crippen LogP contribution >= 0.6 is 0 Å². The Morgan fingerprint density at radius 3 is 2.76 bits per heavy atom. The van der Waals surface area contributed by atoms with Crippen LogP contribution in [0.3, 0.4) is 0 Å². The zero-order chi connectivity index (χ0) is 11.9. The minimum absolute atomic E-state index is 0.430. The SMILES string of the molecule is N#CCc1ccc(OCCn2cncn2)cc1. The fraction of sp³-hybridized carbons (Fsp3) is 0.250. The molecule has 0 aliphatic rings. The largest absolute Gasteiger partial charge is 0.492 e. The van der Waals surface area contributed by atoms with Crippen molar-refractivity contribution in [2.24, 2.45) is 0 Å². The number of rotatable bonds is 5. The molecule has 0 fully saturated rings. The van der Waals surface area contributed by atoms with Crippen molar-refractivity contribution in [3.63, 3.8) is 0 Å². The molecule has 0 atom stereocenters. The summed E-state index contributed by atoms with van der Waals surface area (Å²) in [4.78, 5) is 3.85. The molecule has 0 amide bonds. The van der Waals surface area contributed by atoms with Gasteiger partial charge in [0.05, 0.1) is 19.0 Å². The average Bonchev–Trinajstić information content (AvgIpc) is 2.85. The van der Waals surface area contributed by atoms with Gasteiger partial charge < -0.3 is 4.74 Å². The topological polar surface area (TPSA) is 63.7 Å². The van der Waals surface area contributed by atoms with Gasteiger partial charge in [-0.2, -0.15) is 10.4 Å². The molecule has 2 rings (SSSR count). The van der Waals surface area contributed by atoms with Gasteiger partial charge in [-0.15, -0.1) is 0 Å². The van der Waals surface area contributed by atoms with Crippen LogP contribution in [-0.2, 0) is 13.0 Å². The lowest BCUT2D eigenvalue weighted by Gasteiger charge is -2.06. The third kappa shape index (κ3) is 3.31. The molecule has 0 aliphatic heterocycles. The summed E-state index contributed by atoms with van der Waals surface area (Å²) in [7, 11) is 0. The maximum atomic E-state index is 8.54. The van der Waals surface area contributed by atoms with Crippen LogP contribution in [0.1, 0.15) is 5.56 Å². The third-order valence-electron chi connectivity index (χ3n) is 2.26. The Morgan fingerprint density at radius 2 is 2.12 bits per heavy atom. The molecule has 17 heavy (non-hydrogen) atoms. The molecule has 0 unspecified atom stereocenters. The molecule has 0 spiro atoms. The maximum Gasteiger partial charge on any atom is 0.137 e. The Bertz CT molecular complexity index is 484. The quantitative estimate of drug-likeness (QED) is 0.776. The van der Waals surface area contributed by atoms with Crippen LogP contribution in [0, 0.1) is 11.3 Å². The molecule has 5 heteroatoms. The maximum absolute atomic E-state index is 8.54. The highest BCUT2D eigenvalue weighted by Gasteiger charge is 1.96. The number of nitriles is 1. The number of nitrogens with zero attached hydrogens (tertiary/aromatic N) is 4. The van der Waals surface area contributed by atoms with E-state index in [1.807, 2.05) is 24.3 Å². The van der Waals surface area contributed by atoms with E-state index in [4.69, 9.17) is 10.00 Å². The highest BCUT2D eigenvalue weighted by atomic mass is 16.5. The van der Waals surface area contributed by atoms with E-state index in [2.05, 4.69) is 16.2 Å². The molecule has 1 aromatic heterocycles. The van der Waals surface area contributed by atoms with Crippen molar-refractivity contribution in [2.75, 3.05) is 6.61 Å². The highest BCUT2D eigenvalue weighted by molar-refractivity contribution is 5.28. The van der Waals surface area contributed by atoms with Crippen molar-refractivity contribution in [3.05, 3.63) is 42.5 Å². The van der Waals surface area contributed by atoms with Crippen LogP contribution in [0.5, 0.6) is 5.75 Å². The second-order valence-corrected chi connectivity index (χ2v) is 3.49. The fourth-order valence-corrected chi connectivity index (χ4v) is 1.40. The Morgan fingerprint density at radius 1 is 1.29 bits per heavy atom. The summed E-state index contributed by atoms with van der Waals surface area (Å²) in [5.41, 5.74) is 0.996. The normalized spacial score (nSPS) is 9.82. The lowest BCUT2D eigenvalue weighted by Crippen LogP contribution is -2.08. The van der Waals surface area contributed by atoms with E-state index in [1.54, 1.807) is 11.0 Å². The summed E-state index contributed by atoms with van der Waals surface area (Å²) in [5.74, 6) is 0.798. The minimum atomic E-state index is 0.430. The van der Waals surface area contributed by atoms with Crippen LogP contribution in [-0.4, -0.2) is 21.4 Å². The molecule has 0 N–H and O–H groups in total. The molecule has 0 bridgehead atoms. The second-order valence-electron chi connectivity index (χ2n) is 3.49. The van der Waals surface area contributed by atoms with Gasteiger partial charge in [0.2, 0.25) is 0 Å². The smallest absolute Gasteiger partial charge is 0.137 e. The van der Waals surface area contributed by atoms with Crippen molar-refractivity contribution in [3.8, 4) is 11.8 Å². The molecule has 0 aliphatic carbocycles. The molecule has 0 radical (unpaired) electrons. The summed E-state index contributed by atoms with van der Waals surface area (Å²) in [5, 5.41) is 12.5. The van der Waals surface area contributed by atoms with Crippen molar-refractivity contribution in [1.82, 2.24) is 14.8 Å². The molecular formula is C12H12N4O. The van der Waals surface area contributed by atoms with Gasteiger partial charge in [-0.1, -0.05) is 12.1 Å². The van der Waals surface area contributed by atoms with E-state index in [9.17, 15) is 0 Å². The van der Waals surface area contributed by atoms with E-state index < -0.39 is 0 Å². The van der Waals surface area contributed by atoms with E-state index in [-0.39, 0.29) is 0 Å². The number of hydrogen-bond donors (Lipinski definition) is 0. The van der Waals surface area contributed by atoms with Crippen molar-refractivity contribution in [1.29, 1.82) is 5.26 Å². The number of ether oxygens (including phenoxy) is 1. The molecular weight excluding hydrogens is 216 g/mol. The molecule has 2 aromatic rings. The molecule has 86 valence electrons. The Labute approximate surface area is 99.3 Å². The Kier molecular flexibility index (Phi) is 3.71. The summed E-state index contributed by atoms with van der Waals surface area (Å²) < 4.78 is 7.25. The molecule has 0 saturated heterocycles. The first kappa shape index (κ1) is 11.1. The lowest BCUT2D eigenvalue weighted by molar-refractivity contribution is 0.291. The van der Waals surface area contributed by atoms with Gasteiger partial charge in [0, 0.05) is 0 Å². The zero-order valence-electron chi connectivity index (χ0n) is 9.28. The summed E-state index contributed by atoms with van der Waals surface area (Å²) in [6, 6.07) is 9.64. The van der Waals surface area contributed by atoms with Gasteiger partial charge >= 0.3 is 0 Å². The molecule has 0 saturated carbocycles. The van der Waals surface area contributed by atoms with Gasteiger partial charge in [0.15, 0.2) is 0 Å². The van der Waals surface area contributed by atoms with Crippen LogP contribution in [0.2, 0.25) is 0 Å². The van der Waals surface area contributed by atoms with E-state index in [1.165, 1.54) is 6.33 Å². The van der Waals surface area contributed by atoms with E-state index in [0.717, 1.165) is 11.3 Å². The predicted octanol–water partition coefficient (Wildman–Crippen LogP) is 1.42. The van der Waals surface area contributed by atoms with Gasteiger partial charge in [0.25, 0.3) is 0 Å². The Balaban J connectivity index is 1.81. The number of aromatic nitrogens is 3. The first-order valence-corrected chi connectivity index (χ1v) is 5.29. The summed E-state index contributed by atoms with van der Waals surface area (Å²) >= 11 is 0. The summed E-state index contributed by atoms with van der Waals surface area (Å²) in [6.07, 6.45) is 3.58. The minimum Gasteiger partial charge on any atom is -0.492 e. The second kappa shape index (κ2) is 5.66. The van der Waals surface area contributed by atoms with Crippen LogP contribution in [0.4, 0.5) is 0 Å². The predicted molar refractivity (Wildman–Crippen MR) is 61.3 cm³/mol. The monoisotopic (exact) mass is 228 g/mol. The van der Waals surface area contributed by atoms with E-state index >= 15 is 0 Å². The van der Waals surface area contributed by atoms with Crippen LogP contribution in [0.15, 0.2) is 36.9 Å². The number of hydrogen-bond acceptors (Lipinski definition) is 4. The Hall–Kier alpha value is -2.35. The molecule has 5 nitrogen and oxygen atoms in total. The standard InChI is InChI=1S/C12H12N4O/c13-6-5-11-1-3-12(4-2-11)17-8-7-16-10-14-9-15-16/h1-4,9-10H,5,7-8H2. The van der Waals surface area contributed by atoms with Crippen LogP contribution < -0.4 is 4.74 Å². The third-order valence-corrected chi connectivity index (χ3v) is 2.26. The molecule has 1 aromatic carbocycles. The van der Waals surface area contributed by atoms with Crippen LogP contribution in [0.25, 0.3) is 0 Å². The van der Waals surface area contributed by atoms with Gasteiger partial charge in [-0.05, 0) is 17.7 Å². The van der Waals surface area contributed by atoms with E-state index in [0.29, 0.717) is 19.6 Å². The fourth-order valence-electron chi connectivity index (χ4n) is 1.40. The highest BCUT2D eigenvalue weighted by Crippen LogP contribution is 2.12. The van der Waals surface area contributed by atoms with Crippen molar-refractivity contribution in [2.45, 2.75) is 13.0 Å². The van der Waals surface area contributed by atoms with Crippen molar-refractivity contribution < 1.29 is 4.74 Å².